The summed E-state index contributed by atoms with van der Waals surface area (Å²) in [5.74, 6) is -1.58. The Labute approximate surface area is 61.2 Å². The molecule has 1 fully saturated rings. The number of carbonyl (C=O) groups excluding carboxylic acids is 2. The highest BCUT2D eigenvalue weighted by Gasteiger charge is 2.43. The first-order valence-electron chi connectivity index (χ1n) is 2.96. The average molecular weight is 152 g/mol. The molecule has 0 aromatic heterocycles. The van der Waals surface area contributed by atoms with Crippen LogP contribution in [0.25, 0.3) is 0 Å². The normalized spacial score (nSPS) is 27.8. The summed E-state index contributed by atoms with van der Waals surface area (Å²) in [4.78, 5) is 21.7. The van der Waals surface area contributed by atoms with Gasteiger partial charge in [0, 0.05) is 0 Å². The molecule has 2 amide bonds. The highest BCUT2D eigenvalue weighted by Crippen LogP contribution is 2.14. The van der Waals surface area contributed by atoms with Gasteiger partial charge in [-0.1, -0.05) is 0 Å². The van der Waals surface area contributed by atoms with Gasteiger partial charge in [-0.15, -0.1) is 10.2 Å². The molecule has 6 heteroatoms. The fourth-order valence-corrected chi connectivity index (χ4v) is 1.05. The summed E-state index contributed by atoms with van der Waals surface area (Å²) in [5.41, 5.74) is 5.40. The summed E-state index contributed by atoms with van der Waals surface area (Å²) < 4.78 is 0. The van der Waals surface area contributed by atoms with Gasteiger partial charge in [-0.05, 0) is 0 Å². The molecule has 0 aromatic carbocycles. The van der Waals surface area contributed by atoms with Crippen LogP contribution in [0, 0.1) is 5.92 Å². The van der Waals surface area contributed by atoms with E-state index in [-0.39, 0.29) is 11.5 Å². The van der Waals surface area contributed by atoms with Gasteiger partial charge in [0.2, 0.25) is 5.91 Å². The molecule has 2 heterocycles. The number of imide groups is 1. The number of amidine groups is 1. The van der Waals surface area contributed by atoms with Crippen molar-refractivity contribution in [2.75, 3.05) is 0 Å². The third-order valence-electron chi connectivity index (χ3n) is 1.57. The largest absolute Gasteiger partial charge is 0.385 e. The first kappa shape index (κ1) is 6.02. The summed E-state index contributed by atoms with van der Waals surface area (Å²) in [6.07, 6.45) is 0. The topological polar surface area (TPSA) is 96.9 Å². The first-order valence-corrected chi connectivity index (χ1v) is 2.96. The van der Waals surface area contributed by atoms with Gasteiger partial charge in [-0.2, -0.15) is 0 Å². The number of amides is 2. The van der Waals surface area contributed by atoms with E-state index >= 15 is 0 Å². The molecule has 0 bridgehead atoms. The molecule has 0 saturated carbocycles. The zero-order valence-corrected chi connectivity index (χ0v) is 5.37. The molecule has 0 spiro atoms. The van der Waals surface area contributed by atoms with Crippen molar-refractivity contribution in [3.63, 3.8) is 0 Å². The Kier molecular flexibility index (Phi) is 0.906. The highest BCUT2D eigenvalue weighted by atomic mass is 16.2. The minimum Gasteiger partial charge on any atom is -0.385 e. The average Bonchev–Trinajstić information content (AvgIpc) is 2.41. The van der Waals surface area contributed by atoms with Gasteiger partial charge >= 0.3 is 0 Å². The molecule has 0 aromatic rings. The van der Waals surface area contributed by atoms with Crippen LogP contribution >= 0.6 is 0 Å². The fraction of sp³-hybridized carbons (Fsp3) is 0.200. The summed E-state index contributed by atoms with van der Waals surface area (Å²) in [7, 11) is 0. The number of nitrogens with one attached hydrogen (secondary N) is 1. The second-order valence-electron chi connectivity index (χ2n) is 2.26. The lowest BCUT2D eigenvalue weighted by Crippen LogP contribution is -2.31. The molecule has 56 valence electrons. The van der Waals surface area contributed by atoms with Crippen molar-refractivity contribution in [3.8, 4) is 0 Å². The molecule has 2 aliphatic rings. The van der Waals surface area contributed by atoms with Crippen molar-refractivity contribution in [3.05, 3.63) is 0 Å². The lowest BCUT2D eigenvalue weighted by Gasteiger charge is -1.95. The van der Waals surface area contributed by atoms with Gasteiger partial charge in [-0.3, -0.25) is 14.9 Å². The second kappa shape index (κ2) is 1.66. The van der Waals surface area contributed by atoms with Crippen LogP contribution in [0.1, 0.15) is 0 Å². The quantitative estimate of drug-likeness (QED) is 0.392. The zero-order valence-electron chi connectivity index (χ0n) is 5.37. The van der Waals surface area contributed by atoms with E-state index in [0.717, 1.165) is 0 Å². The third-order valence-corrected chi connectivity index (χ3v) is 1.57. The van der Waals surface area contributed by atoms with Gasteiger partial charge in [0.05, 0.1) is 0 Å². The second-order valence-corrected chi connectivity index (χ2v) is 2.26. The maximum Gasteiger partial charge on any atom is 0.275 e. The summed E-state index contributed by atoms with van der Waals surface area (Å²) in [5, 5.41) is 8.96. The van der Waals surface area contributed by atoms with E-state index in [2.05, 4.69) is 15.5 Å². The van der Waals surface area contributed by atoms with Gasteiger partial charge in [0.1, 0.15) is 17.5 Å². The van der Waals surface area contributed by atoms with Crippen molar-refractivity contribution in [1.29, 1.82) is 0 Å². The van der Waals surface area contributed by atoms with Crippen LogP contribution in [-0.4, -0.2) is 23.4 Å². The van der Waals surface area contributed by atoms with E-state index in [1.54, 1.807) is 0 Å². The number of nitrogens with two attached hydrogens (primary N) is 1. The fourth-order valence-electron chi connectivity index (χ4n) is 1.05. The van der Waals surface area contributed by atoms with Gasteiger partial charge < -0.3 is 5.73 Å². The molecule has 1 saturated heterocycles. The van der Waals surface area contributed by atoms with E-state index in [4.69, 9.17) is 5.73 Å². The molecule has 11 heavy (non-hydrogen) atoms. The van der Waals surface area contributed by atoms with Crippen LogP contribution in [0.3, 0.4) is 0 Å². The monoisotopic (exact) mass is 152 g/mol. The molecular formula is C5H4N4O2. The van der Waals surface area contributed by atoms with Crippen molar-refractivity contribution >= 4 is 23.4 Å². The lowest BCUT2D eigenvalue weighted by atomic mass is 10.1. The maximum absolute atomic E-state index is 10.9. The molecule has 1 atom stereocenters. The van der Waals surface area contributed by atoms with Crippen molar-refractivity contribution in [1.82, 2.24) is 5.32 Å². The van der Waals surface area contributed by atoms with E-state index < -0.39 is 17.7 Å². The van der Waals surface area contributed by atoms with Crippen molar-refractivity contribution < 1.29 is 9.59 Å². The molecule has 2 aliphatic heterocycles. The van der Waals surface area contributed by atoms with E-state index in [1.165, 1.54) is 0 Å². The Morgan fingerprint density at radius 1 is 1.36 bits per heavy atom. The molecule has 0 radical (unpaired) electrons. The predicted octanol–water partition coefficient (Wildman–Crippen LogP) is -2.01. The Balaban J connectivity index is 2.46. The predicted molar refractivity (Wildman–Crippen MR) is 35.7 cm³/mol. The highest BCUT2D eigenvalue weighted by molar-refractivity contribution is 6.55. The maximum atomic E-state index is 10.9. The number of carbonyl (C=O) groups is 2. The van der Waals surface area contributed by atoms with Gasteiger partial charge in [0.25, 0.3) is 5.91 Å². The van der Waals surface area contributed by atoms with Crippen LogP contribution in [0.4, 0.5) is 0 Å². The molecule has 2 rings (SSSR count). The van der Waals surface area contributed by atoms with Crippen LogP contribution in [0.2, 0.25) is 0 Å². The summed E-state index contributed by atoms with van der Waals surface area (Å²) in [6, 6.07) is 0. The Hall–Kier alpha value is -1.72. The van der Waals surface area contributed by atoms with Gasteiger partial charge in [-0.25, -0.2) is 0 Å². The van der Waals surface area contributed by atoms with E-state index in [1.807, 2.05) is 0 Å². The summed E-state index contributed by atoms with van der Waals surface area (Å²) >= 11 is 0. The number of hydrogen-bond acceptors (Lipinski definition) is 5. The summed E-state index contributed by atoms with van der Waals surface area (Å²) in [6.45, 7) is 0. The smallest absolute Gasteiger partial charge is 0.275 e. The lowest BCUT2D eigenvalue weighted by molar-refractivity contribution is -0.124. The Morgan fingerprint density at radius 3 is 2.73 bits per heavy atom. The number of nitrogens with zero attached hydrogens (tertiary/aromatic N) is 2. The molecular weight excluding hydrogens is 148 g/mol. The molecule has 6 nitrogen and oxygen atoms in total. The first-order chi connectivity index (χ1) is 5.20. The van der Waals surface area contributed by atoms with E-state index in [9.17, 15) is 9.59 Å². The van der Waals surface area contributed by atoms with Crippen LogP contribution in [0.15, 0.2) is 10.2 Å². The van der Waals surface area contributed by atoms with Crippen LogP contribution in [0.5, 0.6) is 0 Å². The number of fused-ring (bicyclic) bond motifs is 1. The SMILES string of the molecule is NC1=NN=C2C(=O)NC(=O)C12. The third kappa shape index (κ3) is 0.603. The Bertz CT molecular complexity index is 316. The standard InChI is InChI=1S/C5H4N4O2/c6-3-1-2(8-9-3)5(11)7-4(1)10/h1H,(H2,6,9)(H,7,10,11). The molecule has 3 N–H and O–H groups in total. The van der Waals surface area contributed by atoms with Crippen molar-refractivity contribution in [2.24, 2.45) is 21.9 Å². The molecule has 1 unspecified atom stereocenters. The number of rotatable bonds is 0. The van der Waals surface area contributed by atoms with Crippen LogP contribution < -0.4 is 11.1 Å². The van der Waals surface area contributed by atoms with Crippen LogP contribution in [-0.2, 0) is 9.59 Å². The van der Waals surface area contributed by atoms with Crippen molar-refractivity contribution in [2.45, 2.75) is 0 Å². The van der Waals surface area contributed by atoms with E-state index in [0.29, 0.717) is 0 Å². The minimum atomic E-state index is -0.734. The molecule has 0 aliphatic carbocycles. The minimum absolute atomic E-state index is 0.0864. The Morgan fingerprint density at radius 2 is 2.09 bits per heavy atom. The van der Waals surface area contributed by atoms with Gasteiger partial charge in [0.15, 0.2) is 0 Å². The number of hydrogen-bond donors (Lipinski definition) is 2. The zero-order chi connectivity index (χ0) is 8.01.